The Balaban J connectivity index is -0.000000213. The second kappa shape index (κ2) is 5.81. The fourth-order valence-corrected chi connectivity index (χ4v) is 1.54. The van der Waals surface area contributed by atoms with Crippen molar-refractivity contribution in [2.24, 2.45) is 0 Å². The van der Waals surface area contributed by atoms with Crippen LogP contribution in [-0.4, -0.2) is 28.4 Å². The van der Waals surface area contributed by atoms with Gasteiger partial charge in [-0.25, -0.2) is 0 Å². The maximum absolute atomic E-state index is 5.92. The summed E-state index contributed by atoms with van der Waals surface area (Å²) in [5.74, 6) is 0. The van der Waals surface area contributed by atoms with Crippen molar-refractivity contribution in [1.29, 1.82) is 0 Å². The van der Waals surface area contributed by atoms with Crippen LogP contribution in [0.5, 0.6) is 0 Å². The molecule has 0 atom stereocenters. The summed E-state index contributed by atoms with van der Waals surface area (Å²) in [6.45, 7) is 0. The van der Waals surface area contributed by atoms with Crippen LogP contribution in [0, 0.1) is 0 Å². The molecule has 0 unspecified atom stereocenters. The van der Waals surface area contributed by atoms with Gasteiger partial charge in [0, 0.05) is 5.38 Å². The molecule has 2 heteroatoms. The van der Waals surface area contributed by atoms with Crippen molar-refractivity contribution < 1.29 is 2.85 Å². The van der Waals surface area contributed by atoms with E-state index in [0.29, 0.717) is 5.38 Å². The predicted octanol–water partition coefficient (Wildman–Crippen LogP) is 2.79. The van der Waals surface area contributed by atoms with Crippen LogP contribution in [0.1, 0.15) is 41.4 Å². The molecule has 0 N–H and O–H groups in total. The summed E-state index contributed by atoms with van der Waals surface area (Å²) >= 11 is 5.92. The number of hydrogen-bond donors (Lipinski definition) is 0. The normalized spacial score (nSPS) is 22.3. The minimum Gasteiger partial charge on any atom is -1.00 e. The Labute approximate surface area is 81.5 Å². The van der Waals surface area contributed by atoms with E-state index in [2.05, 4.69) is 0 Å². The molecule has 0 aromatic heterocycles. The first kappa shape index (κ1) is 10.1. The first-order valence-corrected chi connectivity index (χ1v) is 3.97. The van der Waals surface area contributed by atoms with E-state index in [4.69, 9.17) is 11.6 Å². The first-order chi connectivity index (χ1) is 3.89. The van der Waals surface area contributed by atoms with E-state index < -0.39 is 0 Å². The number of hydrogen-bond acceptors (Lipinski definition) is 0. The van der Waals surface area contributed by atoms with Crippen molar-refractivity contribution in [3.8, 4) is 0 Å². The molecule has 0 heterocycles. The van der Waals surface area contributed by atoms with Crippen LogP contribution in [0.15, 0.2) is 0 Å². The van der Waals surface area contributed by atoms with E-state index in [1.54, 1.807) is 0 Å². The third-order valence-electron chi connectivity index (χ3n) is 1.78. The minimum absolute atomic E-state index is 0. The molecule has 0 nitrogen and oxygen atoms in total. The van der Waals surface area contributed by atoms with Crippen LogP contribution in [0.4, 0.5) is 0 Å². The van der Waals surface area contributed by atoms with Gasteiger partial charge in [-0.2, -0.15) is 0 Å². The summed E-state index contributed by atoms with van der Waals surface area (Å²) < 4.78 is 0. The van der Waals surface area contributed by atoms with E-state index >= 15 is 0 Å². The molecule has 0 saturated heterocycles. The van der Waals surface area contributed by atoms with Crippen molar-refractivity contribution in [2.45, 2.75) is 43.9 Å². The van der Waals surface area contributed by atoms with Gasteiger partial charge in [0.15, 0.2) is 0 Å². The smallest absolute Gasteiger partial charge is 1.00 e. The molecular weight excluding hydrogens is 144 g/mol. The zero-order valence-corrected chi connectivity index (χ0v) is 8.08. The van der Waals surface area contributed by atoms with Gasteiger partial charge in [0.05, 0.1) is 0 Å². The third kappa shape index (κ3) is 4.46. The molecule has 0 amide bonds. The molecular formula is C7H15ClMg. The van der Waals surface area contributed by atoms with Gasteiger partial charge in [0.2, 0.25) is 0 Å². The molecule has 1 fully saturated rings. The molecule has 1 saturated carbocycles. The van der Waals surface area contributed by atoms with Crippen LogP contribution in [-0.2, 0) is 0 Å². The molecule has 0 aromatic carbocycles. The predicted molar refractivity (Wildman–Crippen MR) is 45.3 cm³/mol. The molecule has 9 heavy (non-hydrogen) atoms. The quantitative estimate of drug-likeness (QED) is 0.289. The fraction of sp³-hybridized carbons (Fsp3) is 1.00. The average molecular weight is 159 g/mol. The first-order valence-electron chi connectivity index (χ1n) is 3.53. The summed E-state index contributed by atoms with van der Waals surface area (Å²) in [4.78, 5) is 0. The topological polar surface area (TPSA) is 0 Å². The van der Waals surface area contributed by atoms with Gasteiger partial charge < -0.3 is 2.85 Å². The van der Waals surface area contributed by atoms with Crippen LogP contribution in [0.25, 0.3) is 0 Å². The van der Waals surface area contributed by atoms with Gasteiger partial charge in [0.25, 0.3) is 0 Å². The zero-order valence-electron chi connectivity index (χ0n) is 7.91. The van der Waals surface area contributed by atoms with Gasteiger partial charge in [-0.3, -0.25) is 0 Å². The Bertz CT molecular complexity index is 65.5. The molecule has 0 bridgehead atoms. The molecule has 1 rings (SSSR count). The standard InChI is InChI=1S/C7H13Cl.Mg.2H/c8-7-5-3-1-2-4-6-7;;;/h7H,1-6H2;;;/q;+2;2*-1. The Hall–Kier alpha value is 1.06. The van der Waals surface area contributed by atoms with Crippen molar-refractivity contribution in [2.75, 3.05) is 0 Å². The molecule has 0 spiro atoms. The van der Waals surface area contributed by atoms with Crippen molar-refractivity contribution >= 4 is 34.7 Å². The van der Waals surface area contributed by atoms with Crippen LogP contribution in [0.2, 0.25) is 0 Å². The summed E-state index contributed by atoms with van der Waals surface area (Å²) in [7, 11) is 0. The van der Waals surface area contributed by atoms with E-state index in [9.17, 15) is 0 Å². The van der Waals surface area contributed by atoms with E-state index in [0.717, 1.165) is 0 Å². The largest absolute Gasteiger partial charge is 2.00 e. The van der Waals surface area contributed by atoms with Gasteiger partial charge in [-0.15, -0.1) is 11.6 Å². The molecule has 52 valence electrons. The van der Waals surface area contributed by atoms with Gasteiger partial charge in [-0.05, 0) is 12.8 Å². The Morgan fingerprint density at radius 2 is 1.44 bits per heavy atom. The van der Waals surface area contributed by atoms with Crippen LogP contribution < -0.4 is 0 Å². The van der Waals surface area contributed by atoms with E-state index in [1.165, 1.54) is 38.5 Å². The van der Waals surface area contributed by atoms with Crippen molar-refractivity contribution in [3.05, 3.63) is 0 Å². The maximum Gasteiger partial charge on any atom is 2.00 e. The molecule has 1 aliphatic rings. The van der Waals surface area contributed by atoms with Gasteiger partial charge >= 0.3 is 23.1 Å². The van der Waals surface area contributed by atoms with Gasteiger partial charge in [-0.1, -0.05) is 25.7 Å². The van der Waals surface area contributed by atoms with Gasteiger partial charge in [0.1, 0.15) is 0 Å². The third-order valence-corrected chi connectivity index (χ3v) is 2.22. The van der Waals surface area contributed by atoms with E-state index in [-0.39, 0.29) is 25.9 Å². The fourth-order valence-electron chi connectivity index (χ4n) is 1.23. The summed E-state index contributed by atoms with van der Waals surface area (Å²) in [5.41, 5.74) is 0. The number of rotatable bonds is 0. The summed E-state index contributed by atoms with van der Waals surface area (Å²) in [6, 6.07) is 0. The molecule has 0 aromatic rings. The molecule has 1 aliphatic carbocycles. The number of halogens is 1. The summed E-state index contributed by atoms with van der Waals surface area (Å²) in [5, 5.41) is 0.498. The minimum atomic E-state index is 0. The van der Waals surface area contributed by atoms with Crippen molar-refractivity contribution in [3.63, 3.8) is 0 Å². The Kier molecular flexibility index (Phi) is 6.49. The Morgan fingerprint density at radius 3 is 1.89 bits per heavy atom. The second-order valence-electron chi connectivity index (χ2n) is 2.59. The monoisotopic (exact) mass is 158 g/mol. The maximum atomic E-state index is 5.92. The molecule has 0 aliphatic heterocycles. The Morgan fingerprint density at radius 1 is 1.00 bits per heavy atom. The van der Waals surface area contributed by atoms with E-state index in [1.807, 2.05) is 0 Å². The van der Waals surface area contributed by atoms with Crippen LogP contribution in [0.3, 0.4) is 0 Å². The summed E-state index contributed by atoms with van der Waals surface area (Å²) in [6.07, 6.45) is 8.03. The second-order valence-corrected chi connectivity index (χ2v) is 3.21. The van der Waals surface area contributed by atoms with Crippen LogP contribution >= 0.6 is 11.6 Å². The molecule has 0 radical (unpaired) electrons. The SMILES string of the molecule is ClC1CCCCCC1.[H-].[H-].[Mg+2]. The number of alkyl halides is 1. The van der Waals surface area contributed by atoms with Crippen molar-refractivity contribution in [1.82, 2.24) is 0 Å². The zero-order chi connectivity index (χ0) is 5.82. The average Bonchev–Trinajstić information content (AvgIpc) is 1.94.